The highest BCUT2D eigenvalue weighted by atomic mass is 32.1. The number of benzene rings is 1. The van der Waals surface area contributed by atoms with Crippen molar-refractivity contribution in [2.75, 3.05) is 0 Å². The number of para-hydroxylation sites is 1. The van der Waals surface area contributed by atoms with Crippen LogP contribution in [0.15, 0.2) is 40.2 Å². The minimum absolute atomic E-state index is 0.0480. The van der Waals surface area contributed by atoms with Gasteiger partial charge in [0, 0.05) is 23.9 Å². The molecule has 5 rings (SSSR count). The van der Waals surface area contributed by atoms with Crippen molar-refractivity contribution in [1.29, 1.82) is 0 Å². The Bertz CT molecular complexity index is 1350. The van der Waals surface area contributed by atoms with Gasteiger partial charge in [-0.15, -0.1) is 0 Å². The number of aryl methyl sites for hydroxylation is 1. The first-order chi connectivity index (χ1) is 13.8. The van der Waals surface area contributed by atoms with E-state index in [1.807, 2.05) is 51.2 Å². The summed E-state index contributed by atoms with van der Waals surface area (Å²) in [5, 5.41) is 4.25. The van der Waals surface area contributed by atoms with Gasteiger partial charge in [-0.25, -0.2) is 4.99 Å². The molecule has 2 aromatic heterocycles. The minimum atomic E-state index is -1.04. The predicted octanol–water partition coefficient (Wildman–Crippen LogP) is 1.32. The van der Waals surface area contributed by atoms with Gasteiger partial charge in [0.2, 0.25) is 5.72 Å². The molecule has 29 heavy (non-hydrogen) atoms. The summed E-state index contributed by atoms with van der Waals surface area (Å²) in [6, 6.07) is 7.13. The number of nitrogens with zero attached hydrogens (tertiary/aromatic N) is 4. The van der Waals surface area contributed by atoms with Gasteiger partial charge in [0.15, 0.2) is 4.80 Å². The number of hydrogen-bond acceptors (Lipinski definition) is 6. The molecule has 0 unspecified atom stereocenters. The average Bonchev–Trinajstić information content (AvgIpc) is 3.13. The van der Waals surface area contributed by atoms with Crippen LogP contribution in [-0.2, 0) is 11.8 Å². The Balaban J connectivity index is 1.82. The molecule has 1 aromatic carbocycles. The fourth-order valence-corrected chi connectivity index (χ4v) is 5.44. The van der Waals surface area contributed by atoms with Gasteiger partial charge in [-0.1, -0.05) is 29.5 Å². The van der Waals surface area contributed by atoms with E-state index in [0.29, 0.717) is 15.1 Å². The van der Waals surface area contributed by atoms with E-state index in [2.05, 4.69) is 5.10 Å². The molecular formula is C21H20N4O3S. The van der Waals surface area contributed by atoms with Crippen molar-refractivity contribution >= 4 is 23.2 Å². The van der Waals surface area contributed by atoms with Crippen LogP contribution in [0.2, 0.25) is 0 Å². The Morgan fingerprint density at radius 3 is 2.79 bits per heavy atom. The van der Waals surface area contributed by atoms with Gasteiger partial charge < -0.3 is 4.74 Å². The van der Waals surface area contributed by atoms with Crippen LogP contribution in [0.4, 0.5) is 0 Å². The van der Waals surface area contributed by atoms with Crippen LogP contribution < -0.4 is 19.6 Å². The van der Waals surface area contributed by atoms with Crippen molar-refractivity contribution in [2.45, 2.75) is 32.5 Å². The standard InChI is InChI=1S/C21H20N4O3S/c1-11-13(10-22-24(11)4)9-16-19(27)25-18-14-7-5-6-8-15(14)28-21(3,17(18)12(2)26)23-20(25)29-16/h5-10,17-18H,1-4H3/b16-9+/t17-,18-,21-/m1/s1. The lowest BCUT2D eigenvalue weighted by atomic mass is 9.79. The maximum atomic E-state index is 13.4. The van der Waals surface area contributed by atoms with Gasteiger partial charge in [0.05, 0.1) is 16.8 Å². The number of ketones is 1. The van der Waals surface area contributed by atoms with Crippen LogP contribution in [0.1, 0.15) is 36.7 Å². The highest BCUT2D eigenvalue weighted by molar-refractivity contribution is 7.07. The third-order valence-corrected chi connectivity index (χ3v) is 6.86. The lowest BCUT2D eigenvalue weighted by Crippen LogP contribution is -2.58. The first-order valence-electron chi connectivity index (χ1n) is 9.40. The Hall–Kier alpha value is -3.00. The van der Waals surface area contributed by atoms with Crippen LogP contribution >= 0.6 is 11.3 Å². The second-order valence-electron chi connectivity index (χ2n) is 7.72. The zero-order valence-corrected chi connectivity index (χ0v) is 17.4. The van der Waals surface area contributed by atoms with Crippen LogP contribution in [0, 0.1) is 12.8 Å². The summed E-state index contributed by atoms with van der Waals surface area (Å²) >= 11 is 1.32. The van der Waals surface area contributed by atoms with Crippen molar-refractivity contribution in [2.24, 2.45) is 18.0 Å². The average molecular weight is 408 g/mol. The maximum Gasteiger partial charge on any atom is 0.270 e. The fourth-order valence-electron chi connectivity index (χ4n) is 4.35. The summed E-state index contributed by atoms with van der Waals surface area (Å²) < 4.78 is 10.2. The Labute approximate surface area is 170 Å². The molecule has 4 heterocycles. The largest absolute Gasteiger partial charge is 0.465 e. The SMILES string of the molecule is CC(=O)[C@@H]1[C@H]2c3ccccc3O[C@@]1(C)N=c1s/c(=C/c3cnn(C)c3C)c(=O)n12. The molecule has 148 valence electrons. The van der Waals surface area contributed by atoms with Crippen molar-refractivity contribution in [3.8, 4) is 5.75 Å². The summed E-state index contributed by atoms with van der Waals surface area (Å²) in [6.45, 7) is 5.32. The third-order valence-electron chi connectivity index (χ3n) is 5.88. The van der Waals surface area contributed by atoms with Crippen LogP contribution in [0.3, 0.4) is 0 Å². The van der Waals surface area contributed by atoms with Gasteiger partial charge in [-0.2, -0.15) is 5.10 Å². The van der Waals surface area contributed by atoms with Crippen molar-refractivity contribution < 1.29 is 9.53 Å². The summed E-state index contributed by atoms with van der Waals surface area (Å²) in [7, 11) is 1.87. The number of ether oxygens (including phenoxy) is 1. The van der Waals surface area contributed by atoms with Crippen molar-refractivity contribution in [1.82, 2.24) is 14.3 Å². The monoisotopic (exact) mass is 408 g/mol. The van der Waals surface area contributed by atoms with Crippen LogP contribution in [-0.4, -0.2) is 25.9 Å². The second kappa shape index (κ2) is 6.00. The summed E-state index contributed by atoms with van der Waals surface area (Å²) in [6.07, 6.45) is 3.59. The zero-order chi connectivity index (χ0) is 20.5. The minimum Gasteiger partial charge on any atom is -0.465 e. The highest BCUT2D eigenvalue weighted by Crippen LogP contribution is 2.47. The molecule has 2 aliphatic rings. The Morgan fingerprint density at radius 2 is 2.10 bits per heavy atom. The number of rotatable bonds is 2. The Morgan fingerprint density at radius 1 is 1.34 bits per heavy atom. The molecule has 8 heteroatoms. The number of Topliss-reactive ketones (excluding diaryl/α,β-unsaturated/α-hetero) is 1. The fraction of sp³-hybridized carbons (Fsp3) is 0.333. The highest BCUT2D eigenvalue weighted by Gasteiger charge is 2.53. The molecule has 2 bridgehead atoms. The molecule has 0 amide bonds. The maximum absolute atomic E-state index is 13.4. The number of carbonyl (C=O) groups excluding carboxylic acids is 1. The molecule has 7 nitrogen and oxygen atoms in total. The first kappa shape index (κ1) is 18.1. The number of fused-ring (bicyclic) bond motifs is 6. The van der Waals surface area contributed by atoms with E-state index in [-0.39, 0.29) is 11.3 Å². The van der Waals surface area contributed by atoms with Gasteiger partial charge >= 0.3 is 0 Å². The van der Waals surface area contributed by atoms with Crippen LogP contribution in [0.25, 0.3) is 6.08 Å². The van der Waals surface area contributed by atoms with Gasteiger partial charge in [-0.3, -0.25) is 18.8 Å². The molecule has 3 aromatic rings. The van der Waals surface area contributed by atoms with E-state index >= 15 is 0 Å². The molecule has 0 radical (unpaired) electrons. The molecule has 3 atom stereocenters. The molecule has 2 aliphatic heterocycles. The number of thiazole rings is 1. The van der Waals surface area contributed by atoms with E-state index in [1.54, 1.807) is 15.4 Å². The van der Waals surface area contributed by atoms with Gasteiger partial charge in [-0.05, 0) is 32.9 Å². The predicted molar refractivity (Wildman–Crippen MR) is 109 cm³/mol. The van der Waals surface area contributed by atoms with E-state index in [9.17, 15) is 9.59 Å². The lowest BCUT2D eigenvalue weighted by Gasteiger charge is -2.45. The molecular weight excluding hydrogens is 388 g/mol. The van der Waals surface area contributed by atoms with E-state index in [4.69, 9.17) is 9.73 Å². The topological polar surface area (TPSA) is 78.5 Å². The molecule has 0 saturated carbocycles. The second-order valence-corrected chi connectivity index (χ2v) is 8.73. The van der Waals surface area contributed by atoms with Crippen molar-refractivity contribution in [3.63, 3.8) is 0 Å². The molecule has 0 spiro atoms. The molecule has 0 N–H and O–H groups in total. The molecule has 0 fully saturated rings. The quantitative estimate of drug-likeness (QED) is 0.641. The Kier molecular flexibility index (Phi) is 3.73. The van der Waals surface area contributed by atoms with E-state index in [0.717, 1.165) is 16.8 Å². The molecule has 0 saturated heterocycles. The normalized spacial score (nSPS) is 25.0. The summed E-state index contributed by atoms with van der Waals surface area (Å²) in [5.74, 6) is 0.0527. The summed E-state index contributed by atoms with van der Waals surface area (Å²) in [5.41, 5.74) is 1.51. The van der Waals surface area contributed by atoms with Gasteiger partial charge in [0.1, 0.15) is 17.5 Å². The third kappa shape index (κ3) is 2.48. The van der Waals surface area contributed by atoms with Gasteiger partial charge in [0.25, 0.3) is 5.56 Å². The summed E-state index contributed by atoms with van der Waals surface area (Å²) in [4.78, 5) is 31.4. The zero-order valence-electron chi connectivity index (χ0n) is 16.5. The number of aromatic nitrogens is 3. The van der Waals surface area contributed by atoms with Crippen LogP contribution in [0.5, 0.6) is 5.75 Å². The smallest absolute Gasteiger partial charge is 0.270 e. The number of carbonyl (C=O) groups is 1. The molecule has 0 aliphatic carbocycles. The van der Waals surface area contributed by atoms with E-state index < -0.39 is 17.7 Å². The lowest BCUT2D eigenvalue weighted by molar-refractivity contribution is -0.132. The first-order valence-corrected chi connectivity index (χ1v) is 10.2. The van der Waals surface area contributed by atoms with E-state index in [1.165, 1.54) is 18.3 Å². The van der Waals surface area contributed by atoms with Crippen molar-refractivity contribution in [3.05, 3.63) is 67.0 Å². The number of hydrogen-bond donors (Lipinski definition) is 0.